The number of Topliss-reactive ketones (excluding diaryl/α,β-unsaturated/α-hetero) is 1. The molecule has 17 heavy (non-hydrogen) atoms. The number of benzene rings is 2. The molecule has 0 saturated carbocycles. The van der Waals surface area contributed by atoms with Gasteiger partial charge in [0, 0.05) is 23.4 Å². The highest BCUT2D eigenvalue weighted by molar-refractivity contribution is 6.03. The molecule has 86 valence electrons. The molecule has 1 aliphatic carbocycles. The van der Waals surface area contributed by atoms with E-state index in [1.807, 2.05) is 0 Å². The lowest BCUT2D eigenvalue weighted by molar-refractivity contribution is 0.0973. The second-order valence-electron chi connectivity index (χ2n) is 4.35. The van der Waals surface area contributed by atoms with E-state index in [0.29, 0.717) is 29.2 Å². The highest BCUT2D eigenvalue weighted by Gasteiger charge is 2.20. The number of carbonyl (C=O) groups excluding carboxylic acids is 1. The van der Waals surface area contributed by atoms with Crippen molar-refractivity contribution < 1.29 is 13.6 Å². The summed E-state index contributed by atoms with van der Waals surface area (Å²) in [5, 5.41) is 0.924. The molecule has 1 nitrogen and oxygen atoms in total. The van der Waals surface area contributed by atoms with Gasteiger partial charge < -0.3 is 0 Å². The van der Waals surface area contributed by atoms with Gasteiger partial charge in [0.15, 0.2) is 5.78 Å². The molecule has 0 heterocycles. The Kier molecular flexibility index (Phi) is 2.21. The summed E-state index contributed by atoms with van der Waals surface area (Å²) in [4.78, 5) is 11.7. The molecule has 0 N–H and O–H groups in total. The maximum absolute atomic E-state index is 13.6. The van der Waals surface area contributed by atoms with Crippen molar-refractivity contribution in [3.8, 4) is 0 Å². The molecule has 0 bridgehead atoms. The monoisotopic (exact) mass is 232 g/mol. The van der Waals surface area contributed by atoms with Gasteiger partial charge in [-0.15, -0.1) is 0 Å². The summed E-state index contributed by atoms with van der Waals surface area (Å²) < 4.78 is 26.8. The van der Waals surface area contributed by atoms with E-state index in [1.54, 1.807) is 12.1 Å². The van der Waals surface area contributed by atoms with Gasteiger partial charge in [0.2, 0.25) is 0 Å². The molecule has 0 spiro atoms. The Bertz CT molecular complexity index is 632. The van der Waals surface area contributed by atoms with Crippen molar-refractivity contribution in [1.29, 1.82) is 0 Å². The van der Waals surface area contributed by atoms with Crippen LogP contribution in [0.15, 0.2) is 24.3 Å². The van der Waals surface area contributed by atoms with Crippen LogP contribution in [0.25, 0.3) is 10.8 Å². The molecule has 2 aromatic carbocycles. The summed E-state index contributed by atoms with van der Waals surface area (Å²) >= 11 is 0. The molecular weight excluding hydrogens is 222 g/mol. The fourth-order valence-corrected chi connectivity index (χ4v) is 2.51. The molecule has 0 unspecified atom stereocenters. The number of rotatable bonds is 0. The van der Waals surface area contributed by atoms with Crippen LogP contribution >= 0.6 is 0 Å². The average molecular weight is 232 g/mol. The standard InChI is InChI=1S/C14H10F2O/c15-8-6-12-9-2-1-3-14(17)11(9)5-4-10(12)13(16)7-8/h4-7H,1-3H2. The highest BCUT2D eigenvalue weighted by Crippen LogP contribution is 2.30. The average Bonchev–Trinajstić information content (AvgIpc) is 2.29. The van der Waals surface area contributed by atoms with Gasteiger partial charge in [0.25, 0.3) is 0 Å². The Hall–Kier alpha value is -1.77. The SMILES string of the molecule is O=C1CCCc2c1ccc1c(F)cc(F)cc21. The third-order valence-electron chi connectivity index (χ3n) is 3.29. The molecule has 0 radical (unpaired) electrons. The number of ketones is 1. The van der Waals surface area contributed by atoms with Gasteiger partial charge in [-0.2, -0.15) is 0 Å². The van der Waals surface area contributed by atoms with Crippen LogP contribution < -0.4 is 0 Å². The largest absolute Gasteiger partial charge is 0.294 e. The molecule has 0 aromatic heterocycles. The summed E-state index contributed by atoms with van der Waals surface area (Å²) in [6.07, 6.45) is 1.99. The van der Waals surface area contributed by atoms with Crippen LogP contribution in [-0.2, 0) is 6.42 Å². The zero-order chi connectivity index (χ0) is 12.0. The summed E-state index contributed by atoms with van der Waals surface area (Å²) in [5.41, 5.74) is 1.41. The van der Waals surface area contributed by atoms with Gasteiger partial charge in [-0.25, -0.2) is 8.78 Å². The Morgan fingerprint density at radius 2 is 1.82 bits per heavy atom. The van der Waals surface area contributed by atoms with Gasteiger partial charge in [0.05, 0.1) is 0 Å². The first-order valence-electron chi connectivity index (χ1n) is 5.60. The minimum absolute atomic E-state index is 0.0674. The number of aryl methyl sites for hydroxylation is 1. The summed E-state index contributed by atoms with van der Waals surface area (Å²) in [5.74, 6) is -1.10. The van der Waals surface area contributed by atoms with E-state index in [4.69, 9.17) is 0 Å². The number of hydrogen-bond acceptors (Lipinski definition) is 1. The number of halogens is 2. The summed E-state index contributed by atoms with van der Waals surface area (Å²) in [7, 11) is 0. The van der Waals surface area contributed by atoms with Gasteiger partial charge in [0.1, 0.15) is 11.6 Å². The number of hydrogen-bond donors (Lipinski definition) is 0. The smallest absolute Gasteiger partial charge is 0.163 e. The van der Waals surface area contributed by atoms with Crippen LogP contribution in [-0.4, -0.2) is 5.78 Å². The highest BCUT2D eigenvalue weighted by atomic mass is 19.1. The molecule has 2 aromatic rings. The third kappa shape index (κ3) is 1.54. The van der Waals surface area contributed by atoms with Crippen molar-refractivity contribution in [3.05, 3.63) is 47.0 Å². The van der Waals surface area contributed by atoms with E-state index < -0.39 is 11.6 Å². The first-order valence-corrected chi connectivity index (χ1v) is 5.60. The molecular formula is C14H10F2O. The summed E-state index contributed by atoms with van der Waals surface area (Å²) in [6.45, 7) is 0. The first kappa shape index (κ1) is 10.4. The maximum atomic E-state index is 13.6. The van der Waals surface area contributed by atoms with Crippen LogP contribution in [0.2, 0.25) is 0 Å². The lowest BCUT2D eigenvalue weighted by atomic mass is 9.87. The van der Waals surface area contributed by atoms with Crippen molar-refractivity contribution in [2.24, 2.45) is 0 Å². The van der Waals surface area contributed by atoms with E-state index >= 15 is 0 Å². The third-order valence-corrected chi connectivity index (χ3v) is 3.29. The van der Waals surface area contributed by atoms with E-state index in [0.717, 1.165) is 18.1 Å². The second-order valence-corrected chi connectivity index (χ2v) is 4.35. The molecule has 0 atom stereocenters. The van der Waals surface area contributed by atoms with E-state index in [-0.39, 0.29) is 5.78 Å². The Labute approximate surface area is 97.1 Å². The minimum Gasteiger partial charge on any atom is -0.294 e. The number of fused-ring (bicyclic) bond motifs is 3. The fourth-order valence-electron chi connectivity index (χ4n) is 2.51. The van der Waals surface area contributed by atoms with E-state index in [2.05, 4.69) is 0 Å². The zero-order valence-electron chi connectivity index (χ0n) is 9.09. The second kappa shape index (κ2) is 3.62. The number of carbonyl (C=O) groups is 1. The fraction of sp³-hybridized carbons (Fsp3) is 0.214. The van der Waals surface area contributed by atoms with Gasteiger partial charge in [-0.05, 0) is 29.9 Å². The van der Waals surface area contributed by atoms with Gasteiger partial charge in [-0.1, -0.05) is 12.1 Å². The quantitative estimate of drug-likeness (QED) is 0.677. The van der Waals surface area contributed by atoms with Crippen LogP contribution in [0.1, 0.15) is 28.8 Å². The van der Waals surface area contributed by atoms with Crippen LogP contribution in [0, 0.1) is 11.6 Å². The molecule has 0 amide bonds. The molecule has 3 rings (SSSR count). The molecule has 0 aliphatic heterocycles. The van der Waals surface area contributed by atoms with Crippen LogP contribution in [0.5, 0.6) is 0 Å². The van der Waals surface area contributed by atoms with Crippen molar-refractivity contribution in [2.45, 2.75) is 19.3 Å². The van der Waals surface area contributed by atoms with Gasteiger partial charge >= 0.3 is 0 Å². The Morgan fingerprint density at radius 1 is 1.00 bits per heavy atom. The van der Waals surface area contributed by atoms with Crippen molar-refractivity contribution in [3.63, 3.8) is 0 Å². The lowest BCUT2D eigenvalue weighted by Gasteiger charge is -2.17. The molecule has 3 heteroatoms. The molecule has 1 aliphatic rings. The summed E-state index contributed by atoms with van der Waals surface area (Å²) in [6, 6.07) is 5.40. The minimum atomic E-state index is -0.596. The molecule has 0 saturated heterocycles. The van der Waals surface area contributed by atoms with E-state index in [1.165, 1.54) is 6.07 Å². The predicted octanol–water partition coefficient (Wildman–Crippen LogP) is 3.64. The Balaban J connectivity index is 2.41. The van der Waals surface area contributed by atoms with Crippen molar-refractivity contribution in [1.82, 2.24) is 0 Å². The van der Waals surface area contributed by atoms with E-state index in [9.17, 15) is 13.6 Å². The first-order chi connectivity index (χ1) is 8.16. The lowest BCUT2D eigenvalue weighted by Crippen LogP contribution is -2.11. The Morgan fingerprint density at radius 3 is 2.65 bits per heavy atom. The predicted molar refractivity (Wildman–Crippen MR) is 61.1 cm³/mol. The normalized spacial score (nSPS) is 15.1. The van der Waals surface area contributed by atoms with Gasteiger partial charge in [-0.3, -0.25) is 4.79 Å². The maximum Gasteiger partial charge on any atom is 0.163 e. The van der Waals surface area contributed by atoms with Crippen LogP contribution in [0.3, 0.4) is 0 Å². The van der Waals surface area contributed by atoms with Crippen LogP contribution in [0.4, 0.5) is 8.78 Å². The molecule has 0 fully saturated rings. The van der Waals surface area contributed by atoms with Crippen molar-refractivity contribution in [2.75, 3.05) is 0 Å². The zero-order valence-corrected chi connectivity index (χ0v) is 9.09. The topological polar surface area (TPSA) is 17.1 Å². The van der Waals surface area contributed by atoms with Crippen molar-refractivity contribution >= 4 is 16.6 Å².